The molecule has 0 aliphatic carbocycles. The number of alkyl carbamates (subject to hydrolysis) is 1. The quantitative estimate of drug-likeness (QED) is 0.485. The van der Waals surface area contributed by atoms with Crippen molar-refractivity contribution in [1.29, 1.82) is 0 Å². The van der Waals surface area contributed by atoms with E-state index in [0.29, 0.717) is 19.5 Å². The molecule has 0 saturated heterocycles. The summed E-state index contributed by atoms with van der Waals surface area (Å²) in [7, 11) is 5.19. The molecule has 0 aromatic carbocycles. The van der Waals surface area contributed by atoms with Crippen LogP contribution in [0, 0.1) is 0 Å². The second kappa shape index (κ2) is 5.86. The zero-order chi connectivity index (χ0) is 10.3. The molecule has 13 heavy (non-hydrogen) atoms. The zero-order valence-corrected chi connectivity index (χ0v) is 8.52. The molecular weight excluding hydrogens is 167 g/mol. The first-order valence-electron chi connectivity index (χ1n) is 4.33. The summed E-state index contributed by atoms with van der Waals surface area (Å²) in [6.07, 6.45) is 0.0158. The van der Waals surface area contributed by atoms with Crippen molar-refractivity contribution in [3.63, 3.8) is 0 Å². The summed E-state index contributed by atoms with van der Waals surface area (Å²) < 4.78 is 5.01. The molecule has 5 heteroatoms. The van der Waals surface area contributed by atoms with Gasteiger partial charge in [-0.25, -0.2) is 4.79 Å². The molecule has 0 aliphatic rings. The minimum absolute atomic E-state index is 0.397. The zero-order valence-electron chi connectivity index (χ0n) is 8.52. The highest BCUT2D eigenvalue weighted by Crippen LogP contribution is 2.05. The molecule has 0 bridgehead atoms. The molecule has 0 unspecified atom stereocenters. The number of hydrogen-bond acceptors (Lipinski definition) is 3. The van der Waals surface area contributed by atoms with Crippen LogP contribution in [0.5, 0.6) is 0 Å². The number of hydrogen-bond donors (Lipinski definition) is 2. The van der Waals surface area contributed by atoms with Crippen molar-refractivity contribution in [2.45, 2.75) is 26.4 Å². The lowest BCUT2D eigenvalue weighted by molar-refractivity contribution is 0.0528. The average molecular weight is 184 g/mol. The van der Waals surface area contributed by atoms with Crippen molar-refractivity contribution in [1.82, 2.24) is 10.6 Å². The largest absolute Gasteiger partial charge is 0.444 e. The van der Waals surface area contributed by atoms with Crippen LogP contribution >= 0.6 is 0 Å². The van der Waals surface area contributed by atoms with Crippen molar-refractivity contribution in [2.75, 3.05) is 19.5 Å². The van der Waals surface area contributed by atoms with Crippen LogP contribution in [0.3, 0.4) is 0 Å². The van der Waals surface area contributed by atoms with Gasteiger partial charge < -0.3 is 15.4 Å². The Morgan fingerprint density at radius 2 is 2.00 bits per heavy atom. The fourth-order valence-electron chi connectivity index (χ4n) is 0.669. The van der Waals surface area contributed by atoms with E-state index in [9.17, 15) is 4.79 Å². The van der Waals surface area contributed by atoms with Crippen LogP contribution in [-0.4, -0.2) is 39.1 Å². The summed E-state index contributed by atoms with van der Waals surface area (Å²) in [6.45, 7) is 6.64. The van der Waals surface area contributed by atoms with E-state index < -0.39 is 11.7 Å². The maximum absolute atomic E-state index is 11.0. The number of carbonyl (C=O) groups is 1. The Balaban J connectivity index is 3.41. The van der Waals surface area contributed by atoms with E-state index in [1.165, 1.54) is 0 Å². The van der Waals surface area contributed by atoms with Gasteiger partial charge >= 0.3 is 6.09 Å². The number of rotatable bonds is 4. The highest BCUT2D eigenvalue weighted by Gasteiger charge is 2.15. The Hall–Kier alpha value is -0.705. The number of ether oxygens (including phenoxy) is 1. The number of amides is 1. The van der Waals surface area contributed by atoms with Gasteiger partial charge in [0.1, 0.15) is 5.60 Å². The second-order valence-corrected chi connectivity index (χ2v) is 3.63. The molecule has 0 atom stereocenters. The van der Waals surface area contributed by atoms with E-state index in [-0.39, 0.29) is 0 Å². The summed E-state index contributed by atoms with van der Waals surface area (Å²) in [4.78, 5) is 11.0. The Morgan fingerprint density at radius 1 is 1.38 bits per heavy atom. The summed E-state index contributed by atoms with van der Waals surface area (Å²) in [5, 5.41) is 5.47. The van der Waals surface area contributed by atoms with E-state index in [4.69, 9.17) is 12.6 Å². The van der Waals surface area contributed by atoms with Crippen LogP contribution in [0.4, 0.5) is 4.79 Å². The first-order valence-corrected chi connectivity index (χ1v) is 4.33. The topological polar surface area (TPSA) is 50.4 Å². The molecule has 0 heterocycles. The molecule has 0 spiro atoms. The Kier molecular flexibility index (Phi) is 5.54. The molecular formula is C8H17BN2O2. The van der Waals surface area contributed by atoms with Gasteiger partial charge in [-0.3, -0.25) is 0 Å². The SMILES string of the molecule is [B]CNCCNC(=O)OC(C)(C)C. The van der Waals surface area contributed by atoms with Crippen LogP contribution in [0.15, 0.2) is 0 Å². The standard InChI is InChI=1S/C8H17BN2O2/c1-8(2,3)13-7(12)11-5-4-10-6-9/h10H,4-6H2,1-3H3,(H,11,12). The molecule has 0 rings (SSSR count). The molecule has 1 amide bonds. The van der Waals surface area contributed by atoms with Gasteiger partial charge in [0.25, 0.3) is 0 Å². The lowest BCUT2D eigenvalue weighted by Gasteiger charge is -2.19. The van der Waals surface area contributed by atoms with Crippen LogP contribution in [0.25, 0.3) is 0 Å². The third-order valence-corrected chi connectivity index (χ3v) is 1.11. The Labute approximate surface area is 80.8 Å². The molecule has 0 aromatic heterocycles. The van der Waals surface area contributed by atoms with Gasteiger partial charge in [-0.2, -0.15) is 0 Å². The molecule has 4 nitrogen and oxygen atoms in total. The van der Waals surface area contributed by atoms with Gasteiger partial charge in [0.05, 0.1) is 7.85 Å². The minimum Gasteiger partial charge on any atom is -0.444 e. The molecule has 0 aromatic rings. The molecule has 74 valence electrons. The predicted molar refractivity (Wildman–Crippen MR) is 52.9 cm³/mol. The predicted octanol–water partition coefficient (Wildman–Crippen LogP) is 0.227. The van der Waals surface area contributed by atoms with Gasteiger partial charge in [0, 0.05) is 13.1 Å². The average Bonchev–Trinajstić information content (AvgIpc) is 1.94. The summed E-state index contributed by atoms with van der Waals surface area (Å²) >= 11 is 0. The van der Waals surface area contributed by atoms with E-state index in [0.717, 1.165) is 0 Å². The smallest absolute Gasteiger partial charge is 0.407 e. The van der Waals surface area contributed by atoms with Gasteiger partial charge in [-0.15, -0.1) is 0 Å². The fourth-order valence-corrected chi connectivity index (χ4v) is 0.669. The van der Waals surface area contributed by atoms with Crippen molar-refractivity contribution < 1.29 is 9.53 Å². The monoisotopic (exact) mass is 184 g/mol. The summed E-state index contributed by atoms with van der Waals surface area (Å²) in [6, 6.07) is 0. The van der Waals surface area contributed by atoms with Crippen molar-refractivity contribution in [2.24, 2.45) is 0 Å². The minimum atomic E-state index is -0.439. The van der Waals surface area contributed by atoms with Crippen LogP contribution < -0.4 is 10.6 Å². The van der Waals surface area contributed by atoms with Gasteiger partial charge in [-0.05, 0) is 27.2 Å². The Morgan fingerprint density at radius 3 is 2.46 bits per heavy atom. The lowest BCUT2D eigenvalue weighted by Crippen LogP contribution is -2.36. The van der Waals surface area contributed by atoms with Crippen molar-refractivity contribution in [3.05, 3.63) is 0 Å². The highest BCUT2D eigenvalue weighted by atomic mass is 16.6. The summed E-state index contributed by atoms with van der Waals surface area (Å²) in [5.41, 5.74) is -0.439. The van der Waals surface area contributed by atoms with Gasteiger partial charge in [0.2, 0.25) is 0 Å². The lowest BCUT2D eigenvalue weighted by atomic mass is 10.2. The first kappa shape index (κ1) is 12.3. The molecule has 2 N–H and O–H groups in total. The van der Waals surface area contributed by atoms with Crippen LogP contribution in [-0.2, 0) is 4.74 Å². The number of nitrogens with one attached hydrogen (secondary N) is 2. The van der Waals surface area contributed by atoms with E-state index in [2.05, 4.69) is 10.6 Å². The molecule has 2 radical (unpaired) electrons. The van der Waals surface area contributed by atoms with Crippen LogP contribution in [0.1, 0.15) is 20.8 Å². The van der Waals surface area contributed by atoms with Gasteiger partial charge in [-0.1, -0.05) is 0 Å². The molecule has 0 aliphatic heterocycles. The maximum Gasteiger partial charge on any atom is 0.407 e. The second-order valence-electron chi connectivity index (χ2n) is 3.63. The first-order chi connectivity index (χ1) is 5.95. The number of carbonyl (C=O) groups excluding carboxylic acids is 1. The van der Waals surface area contributed by atoms with Crippen molar-refractivity contribution in [3.8, 4) is 0 Å². The fraction of sp³-hybridized carbons (Fsp3) is 0.875. The van der Waals surface area contributed by atoms with E-state index in [1.807, 2.05) is 20.8 Å². The third kappa shape index (κ3) is 9.21. The molecule has 0 fully saturated rings. The summed E-state index contributed by atoms with van der Waals surface area (Å²) in [5.74, 6) is 0. The van der Waals surface area contributed by atoms with Crippen LogP contribution in [0.2, 0.25) is 0 Å². The Bertz CT molecular complexity index is 157. The maximum atomic E-state index is 11.0. The third-order valence-electron chi connectivity index (χ3n) is 1.11. The van der Waals surface area contributed by atoms with E-state index >= 15 is 0 Å². The van der Waals surface area contributed by atoms with E-state index in [1.54, 1.807) is 0 Å². The van der Waals surface area contributed by atoms with Crippen molar-refractivity contribution >= 4 is 13.9 Å². The van der Waals surface area contributed by atoms with Gasteiger partial charge in [0.15, 0.2) is 0 Å². The highest BCUT2D eigenvalue weighted by molar-refractivity contribution is 6.08. The molecule has 0 saturated carbocycles. The normalized spacial score (nSPS) is 11.0.